The van der Waals surface area contributed by atoms with Gasteiger partial charge in [-0.25, -0.2) is 13.8 Å². The van der Waals surface area contributed by atoms with Gasteiger partial charge in [-0.05, 0) is 81.6 Å². The number of hydrogen-bond donors (Lipinski definition) is 1. The minimum Gasteiger partial charge on any atom is -0.320 e. The van der Waals surface area contributed by atoms with Crippen LogP contribution in [0.5, 0.6) is 0 Å². The number of carbonyl (C=O) groups is 2. The van der Waals surface area contributed by atoms with Gasteiger partial charge < -0.3 is 10.2 Å². The third-order valence-electron chi connectivity index (χ3n) is 5.72. The van der Waals surface area contributed by atoms with E-state index in [1.807, 2.05) is 0 Å². The van der Waals surface area contributed by atoms with Crippen LogP contribution in [0.15, 0.2) is 48.7 Å². The number of anilines is 2. The van der Waals surface area contributed by atoms with Crippen LogP contribution in [0, 0.1) is 13.0 Å². The van der Waals surface area contributed by atoms with E-state index in [1.54, 1.807) is 0 Å². The average Bonchev–Trinajstić information content (AvgIpc) is 2.88. The van der Waals surface area contributed by atoms with E-state index in [2.05, 4.69) is 10.3 Å². The zero-order valence-electron chi connectivity index (χ0n) is 20.2. The Morgan fingerprint density at radius 1 is 0.905 bits per heavy atom. The Morgan fingerprint density at radius 2 is 1.48 bits per heavy atom. The minimum atomic E-state index is -6.91. The minimum absolute atomic E-state index is 0.0132. The quantitative estimate of drug-likeness (QED) is 0.154. The van der Waals surface area contributed by atoms with Gasteiger partial charge in [-0.3, -0.25) is 9.59 Å². The first kappa shape index (κ1) is 34.1. The Labute approximate surface area is 261 Å². The van der Waals surface area contributed by atoms with Crippen molar-refractivity contribution in [2.45, 2.75) is 23.9 Å². The molecule has 0 spiro atoms. The molecule has 1 atom stereocenters. The number of alkyl halides is 9. The van der Waals surface area contributed by atoms with Crippen molar-refractivity contribution >= 4 is 80.0 Å². The lowest BCUT2D eigenvalue weighted by atomic mass is 9.87. The summed E-state index contributed by atoms with van der Waals surface area (Å²) in [4.78, 5) is 30.2. The van der Waals surface area contributed by atoms with Gasteiger partial charge in [0.05, 0.1) is 22.5 Å². The van der Waals surface area contributed by atoms with E-state index in [1.165, 1.54) is 70.4 Å². The summed E-state index contributed by atoms with van der Waals surface area (Å²) in [5.41, 5.74) is -9.75. The van der Waals surface area contributed by atoms with Crippen LogP contribution in [0.3, 0.4) is 0 Å². The largest absolute Gasteiger partial charge is 0.457 e. The Kier molecular flexibility index (Phi) is 9.68. The summed E-state index contributed by atoms with van der Waals surface area (Å²) in [7, 11) is 1.18. The normalized spacial score (nSPS) is 13.9. The van der Waals surface area contributed by atoms with E-state index in [9.17, 15) is 49.1 Å². The molecule has 0 aliphatic heterocycles. The summed E-state index contributed by atoms with van der Waals surface area (Å²) in [5, 5.41) is 2.20. The fourth-order valence-corrected chi connectivity index (χ4v) is 5.70. The second-order valence-electron chi connectivity index (χ2n) is 8.37. The van der Waals surface area contributed by atoms with E-state index >= 15 is 4.39 Å². The molecule has 1 heterocycles. The van der Waals surface area contributed by atoms with Crippen molar-refractivity contribution < 1.29 is 53.5 Å². The molecule has 2 amide bonds. The number of amides is 2. The van der Waals surface area contributed by atoms with E-state index in [4.69, 9.17) is 11.6 Å². The predicted molar refractivity (Wildman–Crippen MR) is 148 cm³/mol. The smallest absolute Gasteiger partial charge is 0.320 e. The number of pyridine rings is 1. The van der Waals surface area contributed by atoms with E-state index in [-0.39, 0.29) is 28.5 Å². The maximum atomic E-state index is 15.4. The molecule has 42 heavy (non-hydrogen) atoms. The Morgan fingerprint density at radius 3 is 1.95 bits per heavy atom. The molecule has 0 fully saturated rings. The average molecular weight is 854 g/mol. The fourth-order valence-electron chi connectivity index (χ4n) is 3.55. The molecule has 3 aromatic rings. The van der Waals surface area contributed by atoms with Gasteiger partial charge in [-0.2, -0.15) is 35.1 Å². The molecular weight excluding hydrogens is 842 g/mol. The summed E-state index contributed by atoms with van der Waals surface area (Å²) in [6.45, 7) is 0. The highest BCUT2D eigenvalue weighted by Gasteiger charge is 2.81. The third kappa shape index (κ3) is 6.13. The van der Waals surface area contributed by atoms with Crippen LogP contribution in [0.25, 0.3) is 0 Å². The van der Waals surface area contributed by atoms with Gasteiger partial charge in [0.2, 0.25) is 0 Å². The molecule has 5 nitrogen and oxygen atoms in total. The number of aromatic nitrogens is 1. The number of hydrogen-bond acceptors (Lipinski definition) is 3. The summed E-state index contributed by atoms with van der Waals surface area (Å²) in [6.07, 6.45) is -12.5. The van der Waals surface area contributed by atoms with Gasteiger partial charge in [0.15, 0.2) is 5.82 Å². The van der Waals surface area contributed by atoms with Gasteiger partial charge in [-0.15, -0.1) is 0 Å². The van der Waals surface area contributed by atoms with Crippen LogP contribution in [0.4, 0.5) is 55.3 Å². The van der Waals surface area contributed by atoms with Gasteiger partial charge in [0.1, 0.15) is 5.15 Å². The van der Waals surface area contributed by atoms with Crippen molar-refractivity contribution in [2.75, 3.05) is 17.3 Å². The first-order valence-electron chi connectivity index (χ1n) is 10.8. The summed E-state index contributed by atoms with van der Waals surface area (Å²) in [6, 6.07) is 6.06. The predicted octanol–water partition coefficient (Wildman–Crippen LogP) is 8.54. The molecule has 1 N–H and O–H groups in total. The molecule has 2 aromatic carbocycles. The van der Waals surface area contributed by atoms with Gasteiger partial charge in [0.25, 0.3) is 11.8 Å². The van der Waals surface area contributed by atoms with Gasteiger partial charge >= 0.3 is 23.9 Å². The van der Waals surface area contributed by atoms with Crippen LogP contribution < -0.4 is 10.2 Å². The zero-order valence-corrected chi connectivity index (χ0v) is 25.3. The highest BCUT2D eigenvalue weighted by atomic mass is 127. The molecule has 3 rings (SSSR count). The van der Waals surface area contributed by atoms with Crippen LogP contribution in [0.2, 0.25) is 5.15 Å². The van der Waals surface area contributed by atoms with Gasteiger partial charge in [-0.1, -0.05) is 17.7 Å². The van der Waals surface area contributed by atoms with Crippen LogP contribution in [0.1, 0.15) is 26.3 Å². The standard InChI is InChI=1S/C24H12ClF10I2N3O2/c1-40(20(42)10-5-6-16(25)38-9-10)15-4-2-3-12(17(15)26)19(41)39-18-13(36)7-11(8-14(18)37)21(27,23(30,31)32)22(28,29)24(33,34)35/h2-9H,1H3,(H,39,41). The Balaban J connectivity index is 1.99. The van der Waals surface area contributed by atoms with Crippen LogP contribution >= 0.6 is 56.8 Å². The SMILES string of the molecule is CN(C(=O)c1ccc(Cl)nc1)c1cccc(C(=O)Nc2c(I)cc(C(F)(C(F)(F)F)C(F)(F)C(F)(F)F)cc2I)c1F. The van der Waals surface area contributed by atoms with Gasteiger partial charge in [0, 0.05) is 25.9 Å². The number of rotatable bonds is 6. The van der Waals surface area contributed by atoms with Crippen molar-refractivity contribution in [1.29, 1.82) is 0 Å². The lowest BCUT2D eigenvalue weighted by molar-refractivity contribution is -0.389. The van der Waals surface area contributed by atoms with E-state index < -0.39 is 65.5 Å². The first-order valence-corrected chi connectivity index (χ1v) is 13.4. The molecule has 18 heteroatoms. The second kappa shape index (κ2) is 11.9. The molecular formula is C24H12ClF10I2N3O2. The molecule has 0 saturated heterocycles. The highest BCUT2D eigenvalue weighted by molar-refractivity contribution is 14.1. The van der Waals surface area contributed by atoms with Crippen molar-refractivity contribution in [2.24, 2.45) is 0 Å². The Hall–Kier alpha value is -2.42. The topological polar surface area (TPSA) is 62.3 Å². The monoisotopic (exact) mass is 853 g/mol. The summed E-state index contributed by atoms with van der Waals surface area (Å²) in [5.74, 6) is -10.1. The van der Waals surface area contributed by atoms with E-state index in [0.717, 1.165) is 23.2 Å². The molecule has 1 aromatic heterocycles. The molecule has 226 valence electrons. The number of nitrogens with zero attached hydrogens (tertiary/aromatic N) is 2. The molecule has 0 bridgehead atoms. The fraction of sp³-hybridized carbons (Fsp3) is 0.208. The van der Waals surface area contributed by atoms with E-state index in [0.29, 0.717) is 0 Å². The molecule has 1 unspecified atom stereocenters. The summed E-state index contributed by atoms with van der Waals surface area (Å²) < 4.78 is 136. The maximum Gasteiger partial charge on any atom is 0.457 e. The second-order valence-corrected chi connectivity index (χ2v) is 11.1. The lowest BCUT2D eigenvalue weighted by Gasteiger charge is -2.36. The lowest BCUT2D eigenvalue weighted by Crippen LogP contribution is -2.59. The molecule has 0 radical (unpaired) electrons. The Bertz CT molecular complexity index is 1510. The number of carbonyl (C=O) groups excluding carboxylic acids is 2. The van der Waals surface area contributed by atoms with Crippen molar-refractivity contribution in [3.05, 3.63) is 83.5 Å². The third-order valence-corrected chi connectivity index (χ3v) is 7.65. The van der Waals surface area contributed by atoms with Crippen LogP contribution in [-0.2, 0) is 5.67 Å². The van der Waals surface area contributed by atoms with Crippen molar-refractivity contribution in [3.8, 4) is 0 Å². The van der Waals surface area contributed by atoms with Crippen molar-refractivity contribution in [3.63, 3.8) is 0 Å². The molecule has 0 aliphatic carbocycles. The summed E-state index contributed by atoms with van der Waals surface area (Å²) >= 11 is 8.05. The number of halogens is 13. The van der Waals surface area contributed by atoms with Crippen LogP contribution in [-0.4, -0.2) is 42.1 Å². The molecule has 0 aliphatic rings. The van der Waals surface area contributed by atoms with Crippen molar-refractivity contribution in [1.82, 2.24) is 4.98 Å². The number of benzene rings is 2. The first-order chi connectivity index (χ1) is 19.1. The highest BCUT2D eigenvalue weighted by Crippen LogP contribution is 2.58. The maximum absolute atomic E-state index is 15.4. The zero-order chi connectivity index (χ0) is 32.0. The molecule has 0 saturated carbocycles. The number of nitrogens with one attached hydrogen (secondary N) is 1.